The van der Waals surface area contributed by atoms with Gasteiger partial charge in [-0.25, -0.2) is 13.2 Å². The van der Waals surface area contributed by atoms with Gasteiger partial charge < -0.3 is 9.64 Å². The van der Waals surface area contributed by atoms with Crippen LogP contribution in [-0.4, -0.2) is 37.8 Å². The number of anilines is 1. The van der Waals surface area contributed by atoms with Crippen LogP contribution in [0.1, 0.15) is 44.9 Å². The Bertz CT molecular complexity index is 707. The van der Waals surface area contributed by atoms with E-state index in [0.29, 0.717) is 18.7 Å². The molecule has 1 aromatic rings. The number of fused-ring (bicyclic) bond motifs is 1. The Morgan fingerprint density at radius 1 is 1.35 bits per heavy atom. The molecule has 1 N–H and O–H groups in total. The largest absolute Gasteiger partial charge is 0.444 e. The van der Waals surface area contributed by atoms with E-state index in [1.165, 1.54) is 0 Å². The Hall–Kier alpha value is -1.76. The highest BCUT2D eigenvalue weighted by atomic mass is 32.2. The number of amides is 1. The summed E-state index contributed by atoms with van der Waals surface area (Å²) in [5.74, 6) is 0. The van der Waals surface area contributed by atoms with Crippen molar-refractivity contribution in [2.24, 2.45) is 0 Å². The summed E-state index contributed by atoms with van der Waals surface area (Å²) in [5, 5.41) is 0. The molecule has 0 aromatic heterocycles. The van der Waals surface area contributed by atoms with E-state index in [1.807, 2.05) is 33.8 Å². The van der Waals surface area contributed by atoms with Crippen molar-refractivity contribution in [1.29, 1.82) is 0 Å². The summed E-state index contributed by atoms with van der Waals surface area (Å²) < 4.78 is 31.0. The number of hydrogen-bond donors (Lipinski definition) is 1. The lowest BCUT2D eigenvalue weighted by atomic mass is 9.92. The summed E-state index contributed by atoms with van der Waals surface area (Å²) in [6.07, 6.45) is 1.36. The van der Waals surface area contributed by atoms with Crippen LogP contribution in [0.15, 0.2) is 18.2 Å². The van der Waals surface area contributed by atoms with E-state index >= 15 is 0 Å². The molecule has 0 fully saturated rings. The van der Waals surface area contributed by atoms with Crippen LogP contribution in [-0.2, 0) is 21.2 Å². The maximum Gasteiger partial charge on any atom is 0.410 e. The summed E-state index contributed by atoms with van der Waals surface area (Å²) in [4.78, 5) is 14.0. The Labute approximate surface area is 137 Å². The molecule has 2 rings (SSSR count). The van der Waals surface area contributed by atoms with Gasteiger partial charge in [-0.3, -0.25) is 4.72 Å². The van der Waals surface area contributed by atoms with E-state index in [4.69, 9.17) is 4.74 Å². The van der Waals surface area contributed by atoms with E-state index in [1.54, 1.807) is 17.0 Å². The molecule has 7 heteroatoms. The average Bonchev–Trinajstić information content (AvgIpc) is 2.36. The zero-order valence-electron chi connectivity index (χ0n) is 14.2. The second kappa shape index (κ2) is 6.03. The molecule has 1 atom stereocenters. The molecule has 1 unspecified atom stereocenters. The van der Waals surface area contributed by atoms with Gasteiger partial charge >= 0.3 is 6.09 Å². The van der Waals surface area contributed by atoms with Crippen LogP contribution < -0.4 is 4.72 Å². The Morgan fingerprint density at radius 2 is 2.00 bits per heavy atom. The predicted octanol–water partition coefficient (Wildman–Crippen LogP) is 2.91. The molecule has 0 aliphatic carbocycles. The molecular weight excluding hydrogens is 316 g/mol. The van der Waals surface area contributed by atoms with Crippen molar-refractivity contribution in [2.75, 3.05) is 17.5 Å². The molecule has 23 heavy (non-hydrogen) atoms. The van der Waals surface area contributed by atoms with Crippen LogP contribution in [0.3, 0.4) is 0 Å². The molecule has 1 amide bonds. The summed E-state index contributed by atoms with van der Waals surface area (Å²) in [6.45, 7) is 7.92. The molecule has 1 aliphatic rings. The quantitative estimate of drug-likeness (QED) is 0.898. The first kappa shape index (κ1) is 17.6. The lowest BCUT2D eigenvalue weighted by molar-refractivity contribution is 0.0160. The first-order chi connectivity index (χ1) is 10.5. The standard InChI is InChI=1S/C16H24N2O4S/c1-11-12-7-6-8-14(17-23(5,20)21)13(12)9-10-18(11)15(19)22-16(2,3)4/h6-8,11,17H,9-10H2,1-5H3. The van der Waals surface area contributed by atoms with E-state index in [2.05, 4.69) is 4.72 Å². The van der Waals surface area contributed by atoms with Crippen LogP contribution in [0.4, 0.5) is 10.5 Å². The highest BCUT2D eigenvalue weighted by Crippen LogP contribution is 2.34. The highest BCUT2D eigenvalue weighted by Gasteiger charge is 2.32. The zero-order chi connectivity index (χ0) is 17.4. The number of ether oxygens (including phenoxy) is 1. The van der Waals surface area contributed by atoms with Gasteiger partial charge in [0.15, 0.2) is 0 Å². The average molecular weight is 340 g/mol. The first-order valence-electron chi connectivity index (χ1n) is 7.57. The lowest BCUT2D eigenvalue weighted by Gasteiger charge is -2.37. The molecule has 128 valence electrons. The first-order valence-corrected chi connectivity index (χ1v) is 9.46. The van der Waals surface area contributed by atoms with Crippen molar-refractivity contribution in [1.82, 2.24) is 4.90 Å². The third-order valence-electron chi connectivity index (χ3n) is 3.66. The van der Waals surface area contributed by atoms with Crippen molar-refractivity contribution in [3.8, 4) is 0 Å². The minimum Gasteiger partial charge on any atom is -0.444 e. The van der Waals surface area contributed by atoms with Gasteiger partial charge in [-0.2, -0.15) is 0 Å². The topological polar surface area (TPSA) is 75.7 Å². The molecule has 0 radical (unpaired) electrons. The number of sulfonamides is 1. The van der Waals surface area contributed by atoms with Crippen LogP contribution >= 0.6 is 0 Å². The van der Waals surface area contributed by atoms with E-state index < -0.39 is 15.6 Å². The number of nitrogens with one attached hydrogen (secondary N) is 1. The number of benzene rings is 1. The number of nitrogens with zero attached hydrogens (tertiary/aromatic N) is 1. The summed E-state index contributed by atoms with van der Waals surface area (Å²) in [7, 11) is -3.34. The molecule has 6 nitrogen and oxygen atoms in total. The van der Waals surface area contributed by atoms with Crippen LogP contribution in [0.2, 0.25) is 0 Å². The number of rotatable bonds is 2. The van der Waals surface area contributed by atoms with E-state index in [-0.39, 0.29) is 12.1 Å². The maximum absolute atomic E-state index is 12.3. The van der Waals surface area contributed by atoms with Gasteiger partial charge in [-0.1, -0.05) is 12.1 Å². The molecule has 1 heterocycles. The van der Waals surface area contributed by atoms with Crippen molar-refractivity contribution in [3.63, 3.8) is 0 Å². The molecule has 0 bridgehead atoms. The fourth-order valence-corrected chi connectivity index (χ4v) is 3.32. The minimum atomic E-state index is -3.34. The normalized spacial score (nSPS) is 18.3. The summed E-state index contributed by atoms with van der Waals surface area (Å²) >= 11 is 0. The molecular formula is C16H24N2O4S. The maximum atomic E-state index is 12.3. The van der Waals surface area contributed by atoms with Crippen molar-refractivity contribution in [2.45, 2.75) is 45.8 Å². The second-order valence-electron chi connectivity index (χ2n) is 6.85. The molecule has 0 spiro atoms. The van der Waals surface area contributed by atoms with E-state index in [0.717, 1.165) is 17.4 Å². The summed E-state index contributed by atoms with van der Waals surface area (Å²) in [5.41, 5.74) is 1.92. The molecule has 0 saturated heterocycles. The van der Waals surface area contributed by atoms with Gasteiger partial charge in [0.1, 0.15) is 5.60 Å². The van der Waals surface area contributed by atoms with Gasteiger partial charge in [0.2, 0.25) is 10.0 Å². The Balaban J connectivity index is 2.29. The van der Waals surface area contributed by atoms with Gasteiger partial charge in [0.25, 0.3) is 0 Å². The summed E-state index contributed by atoms with van der Waals surface area (Å²) in [6, 6.07) is 5.29. The van der Waals surface area contributed by atoms with Crippen LogP contribution in [0, 0.1) is 0 Å². The second-order valence-corrected chi connectivity index (χ2v) is 8.60. The fourth-order valence-electron chi connectivity index (χ4n) is 2.73. The van der Waals surface area contributed by atoms with Crippen molar-refractivity contribution in [3.05, 3.63) is 29.3 Å². The van der Waals surface area contributed by atoms with Gasteiger partial charge in [-0.15, -0.1) is 0 Å². The lowest BCUT2D eigenvalue weighted by Crippen LogP contribution is -2.42. The Morgan fingerprint density at radius 3 is 2.57 bits per heavy atom. The third kappa shape index (κ3) is 4.37. The van der Waals surface area contributed by atoms with Gasteiger partial charge in [-0.05, 0) is 51.3 Å². The SMILES string of the molecule is CC1c2cccc(NS(C)(=O)=O)c2CCN1C(=O)OC(C)(C)C. The number of carbonyl (C=O) groups is 1. The van der Waals surface area contributed by atoms with Crippen molar-refractivity contribution >= 4 is 21.8 Å². The number of hydrogen-bond acceptors (Lipinski definition) is 4. The van der Waals surface area contributed by atoms with Crippen LogP contribution in [0.5, 0.6) is 0 Å². The van der Waals surface area contributed by atoms with Gasteiger partial charge in [0, 0.05) is 6.54 Å². The molecule has 1 aliphatic heterocycles. The number of carbonyl (C=O) groups excluding carboxylic acids is 1. The Kier molecular flexibility index (Phi) is 4.61. The smallest absolute Gasteiger partial charge is 0.410 e. The molecule has 1 aromatic carbocycles. The highest BCUT2D eigenvalue weighted by molar-refractivity contribution is 7.92. The minimum absolute atomic E-state index is 0.171. The third-order valence-corrected chi connectivity index (χ3v) is 4.25. The fraction of sp³-hybridized carbons (Fsp3) is 0.562. The van der Waals surface area contributed by atoms with Gasteiger partial charge in [0.05, 0.1) is 18.0 Å². The monoisotopic (exact) mass is 340 g/mol. The predicted molar refractivity (Wildman–Crippen MR) is 90.0 cm³/mol. The zero-order valence-corrected chi connectivity index (χ0v) is 15.0. The van der Waals surface area contributed by atoms with E-state index in [9.17, 15) is 13.2 Å². The van der Waals surface area contributed by atoms with Crippen LogP contribution in [0.25, 0.3) is 0 Å². The van der Waals surface area contributed by atoms with Crippen molar-refractivity contribution < 1.29 is 17.9 Å². The molecule has 0 saturated carbocycles.